The van der Waals surface area contributed by atoms with Crippen LogP contribution in [0, 0.1) is 0 Å². The van der Waals surface area contributed by atoms with Gasteiger partial charge in [-0.2, -0.15) is 0 Å². The Kier molecular flexibility index (Phi) is 3.19. The van der Waals surface area contributed by atoms with Crippen molar-refractivity contribution in [1.29, 1.82) is 0 Å². The minimum atomic E-state index is 0.480. The molecule has 0 atom stereocenters. The Bertz CT molecular complexity index is 671. The molecule has 0 aliphatic heterocycles. The highest BCUT2D eigenvalue weighted by Crippen LogP contribution is 2.45. The average Bonchev–Trinajstić information content (AvgIpc) is 2.87. The second kappa shape index (κ2) is 4.73. The van der Waals surface area contributed by atoms with Crippen LogP contribution in [-0.2, 0) is 12.8 Å². The third-order valence-corrected chi connectivity index (χ3v) is 4.21. The summed E-state index contributed by atoms with van der Waals surface area (Å²) < 4.78 is 10.7. The topological polar surface area (TPSA) is 31.4 Å². The predicted octanol–water partition coefficient (Wildman–Crippen LogP) is 4.05. The van der Waals surface area contributed by atoms with Crippen molar-refractivity contribution in [2.24, 2.45) is 0 Å². The first-order valence-electron chi connectivity index (χ1n) is 6.08. The minimum absolute atomic E-state index is 0.480. The van der Waals surface area contributed by atoms with E-state index in [4.69, 9.17) is 32.7 Å². The number of aryl methyl sites for hydroxylation is 1. The zero-order valence-corrected chi connectivity index (χ0v) is 12.2. The van der Waals surface area contributed by atoms with Crippen LogP contribution in [0.4, 0.5) is 0 Å². The Balaban J connectivity index is 2.47. The van der Waals surface area contributed by atoms with Crippen LogP contribution in [0.2, 0.25) is 10.0 Å². The van der Waals surface area contributed by atoms with Gasteiger partial charge in [-0.3, -0.25) is 0 Å². The van der Waals surface area contributed by atoms with E-state index in [1.165, 1.54) is 0 Å². The van der Waals surface area contributed by atoms with E-state index in [1.807, 2.05) is 0 Å². The number of fused-ring (bicyclic) bond motifs is 2. The van der Waals surface area contributed by atoms with Gasteiger partial charge in [0.05, 0.1) is 29.7 Å². The van der Waals surface area contributed by atoms with Gasteiger partial charge in [-0.25, -0.2) is 4.98 Å². The normalized spacial score (nSPS) is 13.7. The van der Waals surface area contributed by atoms with Crippen LogP contribution < -0.4 is 9.47 Å². The Labute approximate surface area is 121 Å². The number of halogens is 2. The molecule has 3 rings (SSSR count). The van der Waals surface area contributed by atoms with E-state index >= 15 is 0 Å². The van der Waals surface area contributed by atoms with Crippen LogP contribution in [-0.4, -0.2) is 19.2 Å². The summed E-state index contributed by atoms with van der Waals surface area (Å²) in [7, 11) is 3.18. The quantitative estimate of drug-likeness (QED) is 0.838. The Morgan fingerprint density at radius 2 is 1.95 bits per heavy atom. The van der Waals surface area contributed by atoms with Gasteiger partial charge in [0.2, 0.25) is 0 Å². The number of hydrogen-bond acceptors (Lipinski definition) is 3. The molecule has 2 aromatic rings. The van der Waals surface area contributed by atoms with Gasteiger partial charge in [-0.15, -0.1) is 0 Å². The van der Waals surface area contributed by atoms with E-state index in [1.54, 1.807) is 20.3 Å². The zero-order valence-electron chi connectivity index (χ0n) is 10.7. The smallest absolute Gasteiger partial charge is 0.148 e. The van der Waals surface area contributed by atoms with Crippen molar-refractivity contribution in [1.82, 2.24) is 4.98 Å². The fraction of sp³-hybridized carbons (Fsp3) is 0.357. The van der Waals surface area contributed by atoms with E-state index in [2.05, 4.69) is 4.98 Å². The number of benzene rings is 1. The standard InChI is InChI=1S/C14H13Cl2NO2/c1-18-10-6-8(15)14(19-2)11-12(16)7-4-3-5-9(7)17-13(10)11/h6H,3-5H2,1-2H3. The molecular weight excluding hydrogens is 285 g/mol. The highest BCUT2D eigenvalue weighted by molar-refractivity contribution is 6.39. The molecule has 0 amide bonds. The Morgan fingerprint density at radius 3 is 2.63 bits per heavy atom. The monoisotopic (exact) mass is 297 g/mol. The predicted molar refractivity (Wildman–Crippen MR) is 76.9 cm³/mol. The molecule has 0 radical (unpaired) electrons. The van der Waals surface area contributed by atoms with Gasteiger partial charge in [0.15, 0.2) is 0 Å². The van der Waals surface area contributed by atoms with Gasteiger partial charge in [0, 0.05) is 11.8 Å². The molecule has 19 heavy (non-hydrogen) atoms. The first-order chi connectivity index (χ1) is 9.17. The number of hydrogen-bond donors (Lipinski definition) is 0. The van der Waals surface area contributed by atoms with Crippen LogP contribution in [0.1, 0.15) is 17.7 Å². The maximum Gasteiger partial charge on any atom is 0.148 e. The molecule has 5 heteroatoms. The maximum absolute atomic E-state index is 6.54. The maximum atomic E-state index is 6.54. The van der Waals surface area contributed by atoms with Crippen molar-refractivity contribution >= 4 is 34.1 Å². The lowest BCUT2D eigenvalue weighted by atomic mass is 10.1. The highest BCUT2D eigenvalue weighted by Gasteiger charge is 2.24. The molecule has 0 bridgehead atoms. The summed E-state index contributed by atoms with van der Waals surface area (Å²) in [4.78, 5) is 4.69. The molecule has 1 aromatic carbocycles. The first kappa shape index (κ1) is 12.8. The molecule has 0 saturated heterocycles. The Morgan fingerprint density at radius 1 is 1.16 bits per heavy atom. The van der Waals surface area contributed by atoms with E-state index in [9.17, 15) is 0 Å². The molecule has 1 aliphatic rings. The summed E-state index contributed by atoms with van der Waals surface area (Å²) >= 11 is 12.8. The van der Waals surface area contributed by atoms with Crippen molar-refractivity contribution < 1.29 is 9.47 Å². The summed E-state index contributed by atoms with van der Waals surface area (Å²) in [5.74, 6) is 1.18. The second-order valence-electron chi connectivity index (χ2n) is 4.52. The number of nitrogens with zero attached hydrogens (tertiary/aromatic N) is 1. The second-order valence-corrected chi connectivity index (χ2v) is 5.31. The van der Waals surface area contributed by atoms with Crippen molar-refractivity contribution in [3.05, 3.63) is 27.4 Å². The van der Waals surface area contributed by atoms with E-state index in [-0.39, 0.29) is 0 Å². The number of aromatic nitrogens is 1. The van der Waals surface area contributed by atoms with Gasteiger partial charge in [-0.1, -0.05) is 23.2 Å². The summed E-state index contributed by atoms with van der Waals surface area (Å²) in [6, 6.07) is 1.72. The van der Waals surface area contributed by atoms with Crippen molar-refractivity contribution in [2.45, 2.75) is 19.3 Å². The largest absolute Gasteiger partial charge is 0.494 e. The number of ether oxygens (including phenoxy) is 2. The van der Waals surface area contributed by atoms with Crippen molar-refractivity contribution in [3.8, 4) is 11.5 Å². The summed E-state index contributed by atoms with van der Waals surface area (Å²) in [5, 5.41) is 1.91. The third-order valence-electron chi connectivity index (χ3n) is 3.52. The third kappa shape index (κ3) is 1.84. The van der Waals surface area contributed by atoms with Crippen LogP contribution in [0.25, 0.3) is 10.9 Å². The number of rotatable bonds is 2. The molecule has 1 heterocycles. The molecule has 0 N–H and O–H groups in total. The SMILES string of the molecule is COc1cc(Cl)c(OC)c2c(Cl)c3c(nc12)CCC3. The summed E-state index contributed by atoms with van der Waals surface area (Å²) in [6.07, 6.45) is 2.99. The van der Waals surface area contributed by atoms with Crippen LogP contribution >= 0.6 is 23.2 Å². The lowest BCUT2D eigenvalue weighted by Gasteiger charge is -2.14. The van der Waals surface area contributed by atoms with E-state index < -0.39 is 0 Å². The number of pyridine rings is 1. The van der Waals surface area contributed by atoms with Crippen LogP contribution in [0.15, 0.2) is 6.07 Å². The van der Waals surface area contributed by atoms with Crippen LogP contribution in [0.3, 0.4) is 0 Å². The van der Waals surface area contributed by atoms with Gasteiger partial charge in [0.25, 0.3) is 0 Å². The highest BCUT2D eigenvalue weighted by atomic mass is 35.5. The summed E-state index contributed by atoms with van der Waals surface area (Å²) in [5.41, 5.74) is 2.88. The molecular formula is C14H13Cl2NO2. The van der Waals surface area contributed by atoms with Gasteiger partial charge in [0.1, 0.15) is 17.0 Å². The van der Waals surface area contributed by atoms with E-state index in [0.717, 1.165) is 41.4 Å². The Hall–Kier alpha value is -1.19. The molecule has 3 nitrogen and oxygen atoms in total. The van der Waals surface area contributed by atoms with Gasteiger partial charge >= 0.3 is 0 Å². The van der Waals surface area contributed by atoms with Crippen molar-refractivity contribution in [2.75, 3.05) is 14.2 Å². The minimum Gasteiger partial charge on any atom is -0.494 e. The van der Waals surface area contributed by atoms with Gasteiger partial charge in [-0.05, 0) is 24.8 Å². The van der Waals surface area contributed by atoms with Crippen LogP contribution in [0.5, 0.6) is 11.5 Å². The molecule has 1 aromatic heterocycles. The number of methoxy groups -OCH3 is 2. The fourth-order valence-electron chi connectivity index (χ4n) is 2.64. The molecule has 0 fully saturated rings. The molecule has 100 valence electrons. The summed E-state index contributed by atoms with van der Waals surface area (Å²) in [6.45, 7) is 0. The van der Waals surface area contributed by atoms with Crippen molar-refractivity contribution in [3.63, 3.8) is 0 Å². The first-order valence-corrected chi connectivity index (χ1v) is 6.84. The van der Waals surface area contributed by atoms with E-state index in [0.29, 0.717) is 21.5 Å². The molecule has 0 unspecified atom stereocenters. The van der Waals surface area contributed by atoms with Gasteiger partial charge < -0.3 is 9.47 Å². The zero-order chi connectivity index (χ0) is 13.6. The lowest BCUT2D eigenvalue weighted by molar-refractivity contribution is 0.410. The lowest BCUT2D eigenvalue weighted by Crippen LogP contribution is -1.98. The fourth-order valence-corrected chi connectivity index (χ4v) is 3.29. The average molecular weight is 298 g/mol. The molecule has 0 spiro atoms. The molecule has 0 saturated carbocycles. The molecule has 1 aliphatic carbocycles.